The molecule has 0 unspecified atom stereocenters. The second-order valence-electron chi connectivity index (χ2n) is 2.87. The zero-order valence-corrected chi connectivity index (χ0v) is 8.56. The summed E-state index contributed by atoms with van der Waals surface area (Å²) < 4.78 is 0. The van der Waals surface area contributed by atoms with Crippen molar-refractivity contribution < 1.29 is 19.5 Å². The standard InChI is InChI=1S/C9H11N3O4/c1-6-7(3-2-4-10-6)11-9(15)12-16-5-8(13)14/h2-4H,5H2,1H3,(H,13,14)(H2,11,12,15). The van der Waals surface area contributed by atoms with Crippen LogP contribution in [0.25, 0.3) is 0 Å². The highest BCUT2D eigenvalue weighted by molar-refractivity contribution is 5.89. The maximum absolute atomic E-state index is 11.2. The van der Waals surface area contributed by atoms with E-state index in [1.807, 2.05) is 5.48 Å². The Morgan fingerprint density at radius 1 is 1.56 bits per heavy atom. The maximum Gasteiger partial charge on any atom is 0.343 e. The Kier molecular flexibility index (Phi) is 4.22. The number of aromatic nitrogens is 1. The summed E-state index contributed by atoms with van der Waals surface area (Å²) in [4.78, 5) is 29.6. The molecule has 0 aliphatic heterocycles. The van der Waals surface area contributed by atoms with E-state index in [0.29, 0.717) is 11.4 Å². The van der Waals surface area contributed by atoms with Gasteiger partial charge in [0.2, 0.25) is 0 Å². The summed E-state index contributed by atoms with van der Waals surface area (Å²) in [6.45, 7) is 1.13. The molecule has 0 aromatic carbocycles. The maximum atomic E-state index is 11.2. The number of carboxylic acid groups (broad SMARTS) is 1. The second-order valence-corrected chi connectivity index (χ2v) is 2.87. The summed E-state index contributed by atoms with van der Waals surface area (Å²) >= 11 is 0. The van der Waals surface area contributed by atoms with Crippen LogP contribution in [0.2, 0.25) is 0 Å². The van der Waals surface area contributed by atoms with E-state index in [-0.39, 0.29) is 0 Å². The molecule has 0 aliphatic carbocycles. The van der Waals surface area contributed by atoms with Crippen LogP contribution < -0.4 is 10.8 Å². The average Bonchev–Trinajstić information content (AvgIpc) is 2.21. The van der Waals surface area contributed by atoms with Crippen molar-refractivity contribution in [1.82, 2.24) is 10.5 Å². The van der Waals surface area contributed by atoms with Gasteiger partial charge in [0.05, 0.1) is 11.4 Å². The summed E-state index contributed by atoms with van der Waals surface area (Å²) in [5.74, 6) is -1.17. The van der Waals surface area contributed by atoms with E-state index in [1.54, 1.807) is 25.3 Å². The molecule has 0 saturated carbocycles. The number of hydrogen-bond acceptors (Lipinski definition) is 4. The topological polar surface area (TPSA) is 101 Å². The van der Waals surface area contributed by atoms with Gasteiger partial charge in [-0.1, -0.05) is 0 Å². The van der Waals surface area contributed by atoms with Crippen molar-refractivity contribution in [2.45, 2.75) is 6.92 Å². The molecule has 0 aliphatic rings. The van der Waals surface area contributed by atoms with E-state index in [9.17, 15) is 9.59 Å². The average molecular weight is 225 g/mol. The quantitative estimate of drug-likeness (QED) is 0.649. The van der Waals surface area contributed by atoms with Crippen molar-refractivity contribution in [3.63, 3.8) is 0 Å². The van der Waals surface area contributed by atoms with Crippen LogP contribution in [0.1, 0.15) is 5.69 Å². The molecule has 1 aromatic heterocycles. The molecule has 7 heteroatoms. The van der Waals surface area contributed by atoms with E-state index < -0.39 is 18.6 Å². The van der Waals surface area contributed by atoms with Crippen molar-refractivity contribution in [3.05, 3.63) is 24.0 Å². The van der Waals surface area contributed by atoms with Crippen LogP contribution in [-0.2, 0) is 9.63 Å². The molecule has 0 spiro atoms. The van der Waals surface area contributed by atoms with Gasteiger partial charge in [-0.2, -0.15) is 0 Å². The first-order chi connectivity index (χ1) is 7.59. The molecule has 0 fully saturated rings. The van der Waals surface area contributed by atoms with Crippen molar-refractivity contribution in [2.24, 2.45) is 0 Å². The van der Waals surface area contributed by atoms with Crippen LogP contribution in [-0.4, -0.2) is 28.7 Å². The van der Waals surface area contributed by atoms with Crippen LogP contribution in [0.15, 0.2) is 18.3 Å². The molecule has 1 aromatic rings. The number of carbonyl (C=O) groups excluding carboxylic acids is 1. The molecule has 3 N–H and O–H groups in total. The number of urea groups is 1. The number of amides is 2. The van der Waals surface area contributed by atoms with Crippen molar-refractivity contribution in [2.75, 3.05) is 11.9 Å². The van der Waals surface area contributed by atoms with E-state index in [0.717, 1.165) is 0 Å². The van der Waals surface area contributed by atoms with Crippen LogP contribution in [0.4, 0.5) is 10.5 Å². The first-order valence-electron chi connectivity index (χ1n) is 4.42. The third kappa shape index (κ3) is 3.93. The molecule has 0 atom stereocenters. The molecular formula is C9H11N3O4. The number of nitrogens with one attached hydrogen (secondary N) is 2. The fourth-order valence-electron chi connectivity index (χ4n) is 0.928. The Hall–Kier alpha value is -2.15. The molecule has 7 nitrogen and oxygen atoms in total. The number of pyridine rings is 1. The molecule has 16 heavy (non-hydrogen) atoms. The van der Waals surface area contributed by atoms with Crippen LogP contribution in [0.5, 0.6) is 0 Å². The number of carboxylic acids is 1. The van der Waals surface area contributed by atoms with Gasteiger partial charge < -0.3 is 10.4 Å². The SMILES string of the molecule is Cc1ncccc1NC(=O)NOCC(=O)O. The summed E-state index contributed by atoms with van der Waals surface area (Å²) in [7, 11) is 0. The highest BCUT2D eigenvalue weighted by Crippen LogP contribution is 2.09. The highest BCUT2D eigenvalue weighted by atomic mass is 16.7. The Labute approximate surface area is 91.4 Å². The summed E-state index contributed by atoms with van der Waals surface area (Å²) in [6, 6.07) is 2.68. The Balaban J connectivity index is 2.40. The number of carbonyl (C=O) groups is 2. The zero-order valence-electron chi connectivity index (χ0n) is 8.56. The highest BCUT2D eigenvalue weighted by Gasteiger charge is 2.05. The minimum Gasteiger partial charge on any atom is -0.479 e. The molecule has 0 bridgehead atoms. The van der Waals surface area contributed by atoms with E-state index >= 15 is 0 Å². The molecule has 1 rings (SSSR count). The largest absolute Gasteiger partial charge is 0.479 e. The number of nitrogens with zero attached hydrogens (tertiary/aromatic N) is 1. The van der Waals surface area contributed by atoms with E-state index in [2.05, 4.69) is 15.1 Å². The lowest BCUT2D eigenvalue weighted by molar-refractivity contribution is -0.143. The summed E-state index contributed by atoms with van der Waals surface area (Å²) in [5, 5.41) is 10.7. The normalized spacial score (nSPS) is 9.56. The molecule has 0 saturated heterocycles. The molecule has 0 radical (unpaired) electrons. The third-order valence-corrected chi connectivity index (χ3v) is 1.62. The van der Waals surface area contributed by atoms with Gasteiger partial charge in [0.1, 0.15) is 0 Å². The van der Waals surface area contributed by atoms with Crippen molar-refractivity contribution in [1.29, 1.82) is 0 Å². The smallest absolute Gasteiger partial charge is 0.343 e. The van der Waals surface area contributed by atoms with Crippen LogP contribution >= 0.6 is 0 Å². The van der Waals surface area contributed by atoms with Gasteiger partial charge in [-0.25, -0.2) is 15.1 Å². The lowest BCUT2D eigenvalue weighted by Crippen LogP contribution is -2.31. The molecule has 1 heterocycles. The number of aryl methyl sites for hydroxylation is 1. The monoisotopic (exact) mass is 225 g/mol. The Morgan fingerprint density at radius 3 is 2.94 bits per heavy atom. The third-order valence-electron chi connectivity index (χ3n) is 1.62. The number of hydroxylamine groups is 1. The number of anilines is 1. The summed E-state index contributed by atoms with van der Waals surface area (Å²) in [5.41, 5.74) is 3.11. The Morgan fingerprint density at radius 2 is 2.31 bits per heavy atom. The molecule has 86 valence electrons. The van der Waals surface area contributed by atoms with Gasteiger partial charge in [0.25, 0.3) is 0 Å². The van der Waals surface area contributed by atoms with Crippen molar-refractivity contribution >= 4 is 17.7 Å². The lowest BCUT2D eigenvalue weighted by atomic mass is 10.3. The first kappa shape index (κ1) is 11.9. The predicted molar refractivity (Wildman–Crippen MR) is 54.7 cm³/mol. The van der Waals surface area contributed by atoms with E-state index in [1.165, 1.54) is 0 Å². The van der Waals surface area contributed by atoms with Gasteiger partial charge in [0.15, 0.2) is 6.61 Å². The van der Waals surface area contributed by atoms with E-state index in [4.69, 9.17) is 5.11 Å². The minimum absolute atomic E-state index is 0.527. The fraction of sp³-hybridized carbons (Fsp3) is 0.222. The van der Waals surface area contributed by atoms with Gasteiger partial charge in [-0.3, -0.25) is 9.82 Å². The number of aliphatic carboxylic acids is 1. The fourth-order valence-corrected chi connectivity index (χ4v) is 0.928. The number of hydrogen-bond donors (Lipinski definition) is 3. The predicted octanol–water partition coefficient (Wildman–Crippen LogP) is 0.528. The van der Waals surface area contributed by atoms with Crippen molar-refractivity contribution in [3.8, 4) is 0 Å². The lowest BCUT2D eigenvalue weighted by Gasteiger charge is -2.07. The van der Waals surface area contributed by atoms with Gasteiger partial charge in [0, 0.05) is 6.20 Å². The minimum atomic E-state index is -1.17. The van der Waals surface area contributed by atoms with Gasteiger partial charge in [-0.05, 0) is 19.1 Å². The van der Waals surface area contributed by atoms with Crippen LogP contribution in [0.3, 0.4) is 0 Å². The first-order valence-corrected chi connectivity index (χ1v) is 4.42. The summed E-state index contributed by atoms with van der Waals surface area (Å²) in [6.07, 6.45) is 1.60. The number of rotatable bonds is 4. The molecular weight excluding hydrogens is 214 g/mol. The zero-order chi connectivity index (χ0) is 12.0. The van der Waals surface area contributed by atoms with Crippen LogP contribution in [0, 0.1) is 6.92 Å². The second kappa shape index (κ2) is 5.66. The van der Waals surface area contributed by atoms with Gasteiger partial charge in [-0.15, -0.1) is 0 Å². The molecule has 2 amide bonds. The Bertz CT molecular complexity index is 394. The van der Waals surface area contributed by atoms with Gasteiger partial charge >= 0.3 is 12.0 Å².